The standard InChI is InChI=1S/C23H23NO3/c25-23(26)22(17-7-2-1-3-8-17)18-11-13-20(14-18)27-15-19-12-10-16-6-4-5-9-21(16)24-19/h1-10,12,18,20,22H,11,13-15H2,(H,25,26). The van der Waals surface area contributed by atoms with E-state index in [4.69, 9.17) is 4.74 Å². The average molecular weight is 361 g/mol. The number of aliphatic carboxylic acids is 1. The molecule has 2 aromatic carbocycles. The molecule has 1 saturated carbocycles. The molecule has 0 amide bonds. The Kier molecular flexibility index (Phi) is 5.16. The highest BCUT2D eigenvalue weighted by Gasteiger charge is 2.36. The average Bonchev–Trinajstić information content (AvgIpc) is 3.15. The first-order valence-electron chi connectivity index (χ1n) is 9.45. The highest BCUT2D eigenvalue weighted by atomic mass is 16.5. The van der Waals surface area contributed by atoms with Crippen LogP contribution in [-0.2, 0) is 16.1 Å². The number of carbonyl (C=O) groups is 1. The lowest BCUT2D eigenvalue weighted by Gasteiger charge is -2.20. The molecule has 0 radical (unpaired) electrons. The van der Waals surface area contributed by atoms with E-state index in [0.717, 1.165) is 41.4 Å². The largest absolute Gasteiger partial charge is 0.481 e. The summed E-state index contributed by atoms with van der Waals surface area (Å²) in [4.78, 5) is 16.5. The number of aromatic nitrogens is 1. The maximum Gasteiger partial charge on any atom is 0.311 e. The number of rotatable bonds is 6. The fraction of sp³-hybridized carbons (Fsp3) is 0.304. The molecule has 3 atom stereocenters. The van der Waals surface area contributed by atoms with Gasteiger partial charge in [-0.05, 0) is 42.9 Å². The molecular weight excluding hydrogens is 338 g/mol. The van der Waals surface area contributed by atoms with E-state index in [-0.39, 0.29) is 12.0 Å². The van der Waals surface area contributed by atoms with Crippen LogP contribution in [0.4, 0.5) is 0 Å². The molecule has 27 heavy (non-hydrogen) atoms. The third-order valence-electron chi connectivity index (χ3n) is 5.44. The number of carboxylic acids is 1. The van der Waals surface area contributed by atoms with E-state index in [1.165, 1.54) is 0 Å². The quantitative estimate of drug-likeness (QED) is 0.686. The Morgan fingerprint density at radius 3 is 2.63 bits per heavy atom. The van der Waals surface area contributed by atoms with Gasteiger partial charge in [0.25, 0.3) is 0 Å². The smallest absolute Gasteiger partial charge is 0.311 e. The fourth-order valence-corrected chi connectivity index (χ4v) is 4.10. The number of carboxylic acid groups (broad SMARTS) is 1. The first-order valence-corrected chi connectivity index (χ1v) is 9.45. The van der Waals surface area contributed by atoms with Crippen LogP contribution in [0.1, 0.15) is 36.4 Å². The Balaban J connectivity index is 1.39. The zero-order valence-electron chi connectivity index (χ0n) is 15.1. The second-order valence-electron chi connectivity index (χ2n) is 7.23. The zero-order chi connectivity index (χ0) is 18.6. The molecule has 138 valence electrons. The first kappa shape index (κ1) is 17.7. The van der Waals surface area contributed by atoms with Gasteiger partial charge in [0, 0.05) is 5.39 Å². The summed E-state index contributed by atoms with van der Waals surface area (Å²) in [6.07, 6.45) is 2.64. The fourth-order valence-electron chi connectivity index (χ4n) is 4.10. The van der Waals surface area contributed by atoms with Crippen LogP contribution in [0.15, 0.2) is 66.7 Å². The Hall–Kier alpha value is -2.72. The molecule has 0 spiro atoms. The van der Waals surface area contributed by atoms with Gasteiger partial charge in [0.1, 0.15) is 0 Å². The molecule has 1 fully saturated rings. The molecule has 3 aromatic rings. The Morgan fingerprint density at radius 2 is 1.81 bits per heavy atom. The van der Waals surface area contributed by atoms with E-state index in [1.807, 2.05) is 60.7 Å². The van der Waals surface area contributed by atoms with Crippen molar-refractivity contribution in [2.45, 2.75) is 37.9 Å². The van der Waals surface area contributed by atoms with Gasteiger partial charge in [-0.2, -0.15) is 0 Å². The van der Waals surface area contributed by atoms with Crippen molar-refractivity contribution < 1.29 is 14.6 Å². The van der Waals surface area contributed by atoms with Crippen LogP contribution in [0.3, 0.4) is 0 Å². The van der Waals surface area contributed by atoms with Gasteiger partial charge < -0.3 is 9.84 Å². The molecule has 4 heteroatoms. The number of para-hydroxylation sites is 1. The highest BCUT2D eigenvalue weighted by Crippen LogP contribution is 2.39. The van der Waals surface area contributed by atoms with Crippen LogP contribution in [0.25, 0.3) is 10.9 Å². The molecule has 1 heterocycles. The van der Waals surface area contributed by atoms with E-state index in [1.54, 1.807) is 0 Å². The van der Waals surface area contributed by atoms with E-state index in [9.17, 15) is 9.90 Å². The van der Waals surface area contributed by atoms with Crippen molar-refractivity contribution in [2.75, 3.05) is 0 Å². The van der Waals surface area contributed by atoms with Crippen molar-refractivity contribution >= 4 is 16.9 Å². The first-order chi connectivity index (χ1) is 13.2. The molecule has 0 aliphatic heterocycles. The maximum atomic E-state index is 11.8. The normalized spacial score (nSPS) is 20.6. The number of fused-ring (bicyclic) bond motifs is 1. The van der Waals surface area contributed by atoms with Crippen LogP contribution in [0, 0.1) is 5.92 Å². The molecule has 3 unspecified atom stereocenters. The van der Waals surface area contributed by atoms with Crippen LogP contribution in [0.5, 0.6) is 0 Å². The van der Waals surface area contributed by atoms with Gasteiger partial charge in [0.2, 0.25) is 0 Å². The lowest BCUT2D eigenvalue weighted by atomic mass is 9.85. The lowest BCUT2D eigenvalue weighted by Crippen LogP contribution is -2.21. The summed E-state index contributed by atoms with van der Waals surface area (Å²) in [7, 11) is 0. The molecule has 4 nitrogen and oxygen atoms in total. The second kappa shape index (κ2) is 7.89. The Labute approximate surface area is 158 Å². The predicted molar refractivity (Wildman–Crippen MR) is 104 cm³/mol. The molecule has 1 aliphatic rings. The molecule has 1 N–H and O–H groups in total. The van der Waals surface area contributed by atoms with Crippen molar-refractivity contribution in [3.63, 3.8) is 0 Å². The summed E-state index contributed by atoms with van der Waals surface area (Å²) < 4.78 is 6.08. The van der Waals surface area contributed by atoms with Crippen molar-refractivity contribution in [3.05, 3.63) is 78.0 Å². The highest BCUT2D eigenvalue weighted by molar-refractivity contribution is 5.78. The Morgan fingerprint density at radius 1 is 1.04 bits per heavy atom. The number of ether oxygens (including phenoxy) is 1. The minimum atomic E-state index is -0.747. The van der Waals surface area contributed by atoms with Gasteiger partial charge >= 0.3 is 5.97 Å². The molecule has 0 bridgehead atoms. The predicted octanol–water partition coefficient (Wildman–Crippen LogP) is 4.79. The minimum absolute atomic E-state index is 0.0915. The summed E-state index contributed by atoms with van der Waals surface area (Å²) in [6, 6.07) is 21.6. The van der Waals surface area contributed by atoms with E-state index >= 15 is 0 Å². The molecule has 1 aromatic heterocycles. The number of nitrogens with zero attached hydrogens (tertiary/aromatic N) is 1. The number of hydrogen-bond acceptors (Lipinski definition) is 3. The summed E-state index contributed by atoms with van der Waals surface area (Å²) in [5, 5.41) is 10.9. The molecule has 0 saturated heterocycles. The number of benzene rings is 2. The number of pyridine rings is 1. The van der Waals surface area contributed by atoms with Gasteiger partial charge in [0.05, 0.1) is 29.8 Å². The van der Waals surface area contributed by atoms with E-state index < -0.39 is 11.9 Å². The van der Waals surface area contributed by atoms with Crippen LogP contribution in [-0.4, -0.2) is 22.2 Å². The van der Waals surface area contributed by atoms with E-state index in [2.05, 4.69) is 11.1 Å². The van der Waals surface area contributed by atoms with Gasteiger partial charge in [-0.15, -0.1) is 0 Å². The lowest BCUT2D eigenvalue weighted by molar-refractivity contribution is -0.140. The van der Waals surface area contributed by atoms with Crippen LogP contribution in [0.2, 0.25) is 0 Å². The summed E-state index contributed by atoms with van der Waals surface area (Å²) in [6.45, 7) is 0.464. The minimum Gasteiger partial charge on any atom is -0.481 e. The monoisotopic (exact) mass is 361 g/mol. The van der Waals surface area contributed by atoms with Gasteiger partial charge in [-0.1, -0.05) is 54.6 Å². The third-order valence-corrected chi connectivity index (χ3v) is 5.44. The Bertz CT molecular complexity index is 925. The topological polar surface area (TPSA) is 59.4 Å². The SMILES string of the molecule is O=C(O)C(c1ccccc1)C1CCC(OCc2ccc3ccccc3n2)C1. The molecular formula is C23H23NO3. The van der Waals surface area contributed by atoms with Crippen molar-refractivity contribution in [3.8, 4) is 0 Å². The summed E-state index contributed by atoms with van der Waals surface area (Å²) in [5.74, 6) is -1.10. The van der Waals surface area contributed by atoms with Crippen LogP contribution < -0.4 is 0 Å². The zero-order valence-corrected chi connectivity index (χ0v) is 15.1. The summed E-state index contributed by atoms with van der Waals surface area (Å²) >= 11 is 0. The van der Waals surface area contributed by atoms with Gasteiger partial charge in [-0.3, -0.25) is 9.78 Å². The van der Waals surface area contributed by atoms with E-state index in [0.29, 0.717) is 6.61 Å². The van der Waals surface area contributed by atoms with Crippen molar-refractivity contribution in [2.24, 2.45) is 5.92 Å². The van der Waals surface area contributed by atoms with Gasteiger partial charge in [0.15, 0.2) is 0 Å². The van der Waals surface area contributed by atoms with Crippen LogP contribution >= 0.6 is 0 Å². The van der Waals surface area contributed by atoms with Gasteiger partial charge in [-0.25, -0.2) is 0 Å². The molecule has 4 rings (SSSR count). The second-order valence-corrected chi connectivity index (χ2v) is 7.23. The summed E-state index contributed by atoms with van der Waals surface area (Å²) in [5.41, 5.74) is 2.76. The van der Waals surface area contributed by atoms with Crippen molar-refractivity contribution in [1.29, 1.82) is 0 Å². The van der Waals surface area contributed by atoms with Crippen molar-refractivity contribution in [1.82, 2.24) is 4.98 Å². The maximum absolute atomic E-state index is 11.8. The number of hydrogen-bond donors (Lipinski definition) is 1. The molecule has 1 aliphatic carbocycles. The third kappa shape index (κ3) is 4.01.